The minimum absolute atomic E-state index is 0.0548. The van der Waals surface area contributed by atoms with Crippen LogP contribution >= 0.6 is 22.7 Å². The van der Waals surface area contributed by atoms with Crippen LogP contribution in [0.1, 0.15) is 22.9 Å². The summed E-state index contributed by atoms with van der Waals surface area (Å²) in [4.78, 5) is 20.5. The van der Waals surface area contributed by atoms with Crippen molar-refractivity contribution in [1.82, 2.24) is 19.7 Å². The zero-order chi connectivity index (χ0) is 19.5. The normalized spacial score (nSPS) is 12.5. The van der Waals surface area contributed by atoms with Crippen molar-refractivity contribution in [2.45, 2.75) is 19.5 Å². The van der Waals surface area contributed by atoms with Gasteiger partial charge in [0.05, 0.1) is 35.5 Å². The summed E-state index contributed by atoms with van der Waals surface area (Å²) in [5.41, 5.74) is 1.00. The van der Waals surface area contributed by atoms with Gasteiger partial charge in [-0.3, -0.25) is 9.69 Å². The molecule has 0 radical (unpaired) electrons. The number of nitrogens with zero attached hydrogens (tertiary/aromatic N) is 4. The number of amides is 1. The number of anilines is 1. The maximum absolute atomic E-state index is 12.6. The highest BCUT2D eigenvalue weighted by Gasteiger charge is 2.19. The number of aromatic nitrogens is 3. The number of carbonyl (C=O) groups is 1. The highest BCUT2D eigenvalue weighted by Crippen LogP contribution is 2.28. The number of thiazole rings is 1. The lowest BCUT2D eigenvalue weighted by atomic mass is 10.3. The largest absolute Gasteiger partial charge is 0.310 e. The summed E-state index contributed by atoms with van der Waals surface area (Å²) in [6.07, 6.45) is 1.71. The van der Waals surface area contributed by atoms with Gasteiger partial charge in [-0.2, -0.15) is 5.10 Å². The summed E-state index contributed by atoms with van der Waals surface area (Å²) in [7, 11) is 1.94. The van der Waals surface area contributed by atoms with Crippen LogP contribution in [0.4, 0.5) is 5.82 Å². The van der Waals surface area contributed by atoms with E-state index in [2.05, 4.69) is 29.5 Å². The summed E-state index contributed by atoms with van der Waals surface area (Å²) in [5.74, 6) is 0.642. The number of fused-ring (bicyclic) bond motifs is 1. The standard InChI is InChI=1S/C20H21N5OS2/c1-14(20-22-16-7-3-4-8-17(16)28-20)24(2)13-19(26)23-18-9-10-21-25(18)12-15-6-5-11-27-15/h3-11,14H,12-13H2,1-2H3,(H,23,26). The Hall–Kier alpha value is -2.55. The molecule has 6 nitrogen and oxygen atoms in total. The molecule has 4 rings (SSSR count). The van der Waals surface area contributed by atoms with Gasteiger partial charge in [-0.25, -0.2) is 9.67 Å². The number of likely N-dealkylation sites (N-methyl/N-ethyl adjacent to an activating group) is 1. The van der Waals surface area contributed by atoms with Gasteiger partial charge in [-0.1, -0.05) is 18.2 Å². The molecule has 4 aromatic rings. The summed E-state index contributed by atoms with van der Waals surface area (Å²) in [6.45, 7) is 3.01. The minimum Gasteiger partial charge on any atom is -0.310 e. The molecule has 3 heterocycles. The van der Waals surface area contributed by atoms with Crippen LogP contribution in [0.25, 0.3) is 10.2 Å². The van der Waals surface area contributed by atoms with Crippen molar-refractivity contribution < 1.29 is 4.79 Å². The molecule has 8 heteroatoms. The molecule has 1 unspecified atom stereocenters. The van der Waals surface area contributed by atoms with Gasteiger partial charge in [0.2, 0.25) is 5.91 Å². The Balaban J connectivity index is 1.39. The number of hydrogen-bond acceptors (Lipinski definition) is 6. The Morgan fingerprint density at radius 2 is 2.11 bits per heavy atom. The van der Waals surface area contributed by atoms with Gasteiger partial charge in [0.15, 0.2) is 0 Å². The third-order valence-corrected chi connectivity index (χ3v) is 6.66. The first-order chi connectivity index (χ1) is 13.6. The summed E-state index contributed by atoms with van der Waals surface area (Å²) >= 11 is 3.35. The second-order valence-corrected chi connectivity index (χ2v) is 8.71. The van der Waals surface area contributed by atoms with Gasteiger partial charge < -0.3 is 5.32 Å². The zero-order valence-corrected chi connectivity index (χ0v) is 17.3. The third-order valence-electron chi connectivity index (χ3n) is 4.59. The molecule has 0 fully saturated rings. The van der Waals surface area contributed by atoms with Crippen LogP contribution in [0.15, 0.2) is 54.0 Å². The van der Waals surface area contributed by atoms with E-state index < -0.39 is 0 Å². The molecule has 0 bridgehead atoms. The molecule has 1 atom stereocenters. The smallest absolute Gasteiger partial charge is 0.239 e. The summed E-state index contributed by atoms with van der Waals surface area (Å²) in [6, 6.07) is 14.1. The van der Waals surface area contributed by atoms with Crippen molar-refractivity contribution in [3.8, 4) is 0 Å². The second-order valence-electron chi connectivity index (χ2n) is 6.61. The molecule has 0 aliphatic rings. The van der Waals surface area contributed by atoms with E-state index in [4.69, 9.17) is 4.98 Å². The number of rotatable bonds is 7. The van der Waals surface area contributed by atoms with E-state index in [0.29, 0.717) is 12.4 Å². The zero-order valence-electron chi connectivity index (χ0n) is 15.7. The molecule has 1 amide bonds. The topological polar surface area (TPSA) is 63.1 Å². The predicted molar refractivity (Wildman–Crippen MR) is 115 cm³/mol. The van der Waals surface area contributed by atoms with E-state index in [1.165, 1.54) is 9.58 Å². The summed E-state index contributed by atoms with van der Waals surface area (Å²) < 4.78 is 2.97. The van der Waals surface area contributed by atoms with E-state index in [9.17, 15) is 4.79 Å². The SMILES string of the molecule is CC(c1nc2ccccc2s1)N(C)CC(=O)Nc1ccnn1Cc1cccs1. The highest BCUT2D eigenvalue weighted by molar-refractivity contribution is 7.18. The Bertz CT molecular complexity index is 1040. The van der Waals surface area contributed by atoms with E-state index in [0.717, 1.165) is 10.5 Å². The van der Waals surface area contributed by atoms with Gasteiger partial charge in [0.1, 0.15) is 10.8 Å². The van der Waals surface area contributed by atoms with Crippen molar-refractivity contribution in [3.05, 3.63) is 63.9 Å². The molecule has 1 aromatic carbocycles. The Morgan fingerprint density at radius 1 is 1.25 bits per heavy atom. The van der Waals surface area contributed by atoms with Crippen molar-refractivity contribution in [3.63, 3.8) is 0 Å². The maximum atomic E-state index is 12.6. The van der Waals surface area contributed by atoms with Crippen LogP contribution in [0.5, 0.6) is 0 Å². The lowest BCUT2D eigenvalue weighted by Gasteiger charge is -2.22. The van der Waals surface area contributed by atoms with Crippen molar-refractivity contribution in [1.29, 1.82) is 0 Å². The van der Waals surface area contributed by atoms with E-state index in [1.807, 2.05) is 47.7 Å². The number of para-hydroxylation sites is 1. The first-order valence-corrected chi connectivity index (χ1v) is 10.7. The van der Waals surface area contributed by atoms with Gasteiger partial charge in [0, 0.05) is 10.9 Å². The molecular formula is C20H21N5OS2. The van der Waals surface area contributed by atoms with Gasteiger partial charge in [-0.15, -0.1) is 22.7 Å². The Kier molecular flexibility index (Phi) is 5.52. The van der Waals surface area contributed by atoms with Crippen molar-refractivity contribution in [2.75, 3.05) is 18.9 Å². The van der Waals surface area contributed by atoms with E-state index >= 15 is 0 Å². The monoisotopic (exact) mass is 411 g/mol. The number of nitrogens with one attached hydrogen (secondary N) is 1. The van der Waals surface area contributed by atoms with Gasteiger partial charge in [-0.05, 0) is 37.6 Å². The second kappa shape index (κ2) is 8.22. The Labute approximate surface area is 171 Å². The van der Waals surface area contributed by atoms with Crippen LogP contribution in [0, 0.1) is 0 Å². The molecule has 0 saturated carbocycles. The van der Waals surface area contributed by atoms with Gasteiger partial charge in [0.25, 0.3) is 0 Å². The molecular weight excluding hydrogens is 390 g/mol. The summed E-state index contributed by atoms with van der Waals surface area (Å²) in [5, 5.41) is 10.3. The lowest BCUT2D eigenvalue weighted by molar-refractivity contribution is -0.117. The average molecular weight is 412 g/mol. The molecule has 0 aliphatic carbocycles. The molecule has 0 saturated heterocycles. The molecule has 28 heavy (non-hydrogen) atoms. The first-order valence-electron chi connectivity index (χ1n) is 9.00. The fourth-order valence-electron chi connectivity index (χ4n) is 2.92. The number of benzene rings is 1. The molecule has 144 valence electrons. The fourth-order valence-corrected chi connectivity index (χ4v) is 4.69. The molecule has 3 aromatic heterocycles. The highest BCUT2D eigenvalue weighted by atomic mass is 32.1. The van der Waals surface area contributed by atoms with Crippen LogP contribution in [0.2, 0.25) is 0 Å². The van der Waals surface area contributed by atoms with Crippen LogP contribution in [-0.2, 0) is 11.3 Å². The molecule has 0 spiro atoms. The van der Waals surface area contributed by atoms with Crippen LogP contribution in [-0.4, -0.2) is 39.2 Å². The van der Waals surface area contributed by atoms with E-state index in [-0.39, 0.29) is 18.5 Å². The van der Waals surface area contributed by atoms with Crippen LogP contribution < -0.4 is 5.32 Å². The van der Waals surface area contributed by atoms with Crippen molar-refractivity contribution in [2.24, 2.45) is 0 Å². The Morgan fingerprint density at radius 3 is 2.89 bits per heavy atom. The third kappa shape index (κ3) is 4.14. The first kappa shape index (κ1) is 18.8. The van der Waals surface area contributed by atoms with Crippen molar-refractivity contribution >= 4 is 44.6 Å². The average Bonchev–Trinajstić information content (AvgIpc) is 3.42. The van der Waals surface area contributed by atoms with E-state index in [1.54, 1.807) is 33.6 Å². The number of hydrogen-bond donors (Lipinski definition) is 1. The fraction of sp³-hybridized carbons (Fsp3) is 0.250. The molecule has 0 aliphatic heterocycles. The van der Waals surface area contributed by atoms with Crippen LogP contribution in [0.3, 0.4) is 0 Å². The number of carbonyl (C=O) groups excluding carboxylic acids is 1. The quantitative estimate of drug-likeness (QED) is 0.494. The number of thiophene rings is 1. The molecule has 1 N–H and O–H groups in total. The lowest BCUT2D eigenvalue weighted by Crippen LogP contribution is -2.32. The van der Waals surface area contributed by atoms with Gasteiger partial charge >= 0.3 is 0 Å². The predicted octanol–water partition coefficient (Wildman–Crippen LogP) is 4.23. The maximum Gasteiger partial charge on any atom is 0.239 e. The minimum atomic E-state index is -0.0663.